The second-order valence-corrected chi connectivity index (χ2v) is 8.25. The van der Waals surface area contributed by atoms with Crippen LogP contribution in [-0.2, 0) is 0 Å². The molecule has 3 aromatic rings. The normalized spacial score (nSPS) is 18.2. The summed E-state index contributed by atoms with van der Waals surface area (Å²) in [5.41, 5.74) is 2.03. The number of nitrogens with zero attached hydrogens (tertiary/aromatic N) is 3. The van der Waals surface area contributed by atoms with Gasteiger partial charge in [-0.1, -0.05) is 61.6 Å². The molecule has 1 amide bonds. The Bertz CT molecular complexity index is 1170. The highest BCUT2D eigenvalue weighted by Crippen LogP contribution is 2.26. The van der Waals surface area contributed by atoms with Crippen molar-refractivity contribution in [1.29, 1.82) is 0 Å². The van der Waals surface area contributed by atoms with Gasteiger partial charge >= 0.3 is 0 Å². The molecule has 7 nitrogen and oxygen atoms in total. The molecule has 0 fully saturated rings. The van der Waals surface area contributed by atoms with E-state index in [1.54, 1.807) is 18.5 Å². The van der Waals surface area contributed by atoms with Gasteiger partial charge in [0.15, 0.2) is 0 Å². The van der Waals surface area contributed by atoms with Crippen LogP contribution in [0.15, 0.2) is 79.3 Å². The Balaban J connectivity index is 1.53. The minimum atomic E-state index is -0.471. The molecule has 33 heavy (non-hydrogen) atoms. The van der Waals surface area contributed by atoms with E-state index < -0.39 is 6.04 Å². The van der Waals surface area contributed by atoms with Gasteiger partial charge in [0.25, 0.3) is 5.91 Å². The molecule has 0 bridgehead atoms. The molecule has 3 N–H and O–H groups in total. The molecule has 1 aliphatic rings. The first-order chi connectivity index (χ1) is 16.0. The topological polar surface area (TPSA) is 92.1 Å². The summed E-state index contributed by atoms with van der Waals surface area (Å²) in [5.74, 6) is 0.988. The first kappa shape index (κ1) is 22.5. The molecule has 2 aromatic heterocycles. The zero-order valence-corrected chi connectivity index (χ0v) is 18.9. The van der Waals surface area contributed by atoms with Crippen molar-refractivity contribution in [3.8, 4) is 5.82 Å². The molecule has 2 unspecified atom stereocenters. The van der Waals surface area contributed by atoms with Crippen molar-refractivity contribution in [2.24, 2.45) is 0 Å². The van der Waals surface area contributed by atoms with Crippen LogP contribution in [0.25, 0.3) is 5.82 Å². The molecule has 7 heteroatoms. The van der Waals surface area contributed by atoms with Crippen LogP contribution in [0.5, 0.6) is 0 Å². The number of benzene rings is 1. The number of aromatic nitrogens is 3. The molecular weight excluding hydrogens is 414 g/mol. The van der Waals surface area contributed by atoms with Gasteiger partial charge in [-0.25, -0.2) is 4.98 Å². The number of aliphatic hydroxyl groups excluding tert-OH is 1. The number of carbonyl (C=O) groups excluding carboxylic acids is 1. The van der Waals surface area contributed by atoms with Gasteiger partial charge in [0.2, 0.25) is 5.95 Å². The molecule has 1 aliphatic carbocycles. The highest BCUT2D eigenvalue weighted by atomic mass is 16.3. The summed E-state index contributed by atoms with van der Waals surface area (Å²) >= 11 is 0. The van der Waals surface area contributed by atoms with Gasteiger partial charge in [0.05, 0.1) is 23.8 Å². The maximum Gasteiger partial charge on any atom is 0.253 e. The molecule has 0 saturated heterocycles. The average molecular weight is 444 g/mol. The van der Waals surface area contributed by atoms with Crippen molar-refractivity contribution in [2.75, 3.05) is 11.9 Å². The van der Waals surface area contributed by atoms with Crippen LogP contribution in [0.2, 0.25) is 0 Å². The van der Waals surface area contributed by atoms with Gasteiger partial charge in [-0.2, -0.15) is 4.98 Å². The molecule has 0 aliphatic heterocycles. The highest BCUT2D eigenvalue weighted by Gasteiger charge is 2.26. The third-order valence-corrected chi connectivity index (χ3v) is 5.97. The summed E-state index contributed by atoms with van der Waals surface area (Å²) in [4.78, 5) is 22.0. The van der Waals surface area contributed by atoms with Crippen LogP contribution in [0, 0.1) is 6.92 Å². The molecule has 1 aromatic carbocycles. The zero-order chi connectivity index (χ0) is 23.3. The minimum Gasteiger partial charge on any atom is -0.394 e. The Labute approximate surface area is 193 Å². The Morgan fingerprint density at radius 2 is 2.06 bits per heavy atom. The number of rotatable bonds is 8. The van der Waals surface area contributed by atoms with E-state index in [0.29, 0.717) is 17.3 Å². The van der Waals surface area contributed by atoms with E-state index in [1.807, 2.05) is 60.2 Å². The van der Waals surface area contributed by atoms with E-state index in [4.69, 9.17) is 4.98 Å². The lowest BCUT2D eigenvalue weighted by Crippen LogP contribution is -2.36. The standard InChI is InChI=1S/C26H29N5O2/c1-3-26(13-8-5-9-14-26)30-25-27-16-19(2)23(29-25)31-15-12-21(17-31)24(33)28-22(18-32)20-10-6-4-7-11-20/h4-13,15-17,22,32H,3,14,18H2,1-2H3,(H,28,33)(H,27,29,30). The van der Waals surface area contributed by atoms with E-state index in [0.717, 1.165) is 24.0 Å². The van der Waals surface area contributed by atoms with E-state index in [2.05, 4.69) is 34.7 Å². The lowest BCUT2D eigenvalue weighted by molar-refractivity contribution is 0.0916. The first-order valence-electron chi connectivity index (χ1n) is 11.1. The van der Waals surface area contributed by atoms with Crippen molar-refractivity contribution in [2.45, 2.75) is 38.3 Å². The maximum atomic E-state index is 12.8. The second-order valence-electron chi connectivity index (χ2n) is 8.25. The first-order valence-corrected chi connectivity index (χ1v) is 11.1. The van der Waals surface area contributed by atoms with Crippen molar-refractivity contribution in [3.05, 3.63) is 96.0 Å². The predicted octanol–water partition coefficient (Wildman–Crippen LogP) is 4.12. The third-order valence-electron chi connectivity index (χ3n) is 5.97. The number of carbonyl (C=O) groups is 1. The Kier molecular flexibility index (Phi) is 6.70. The molecule has 2 atom stereocenters. The van der Waals surface area contributed by atoms with Crippen LogP contribution in [0.3, 0.4) is 0 Å². The van der Waals surface area contributed by atoms with Gasteiger partial charge in [0, 0.05) is 24.2 Å². The number of nitrogens with one attached hydrogen (secondary N) is 2. The molecule has 4 rings (SSSR count). The monoisotopic (exact) mass is 443 g/mol. The summed E-state index contributed by atoms with van der Waals surface area (Å²) in [5, 5.41) is 16.1. The van der Waals surface area contributed by atoms with Crippen LogP contribution < -0.4 is 10.6 Å². The molecule has 2 heterocycles. The minimum absolute atomic E-state index is 0.181. The van der Waals surface area contributed by atoms with Gasteiger partial charge in [-0.05, 0) is 31.4 Å². The van der Waals surface area contributed by atoms with Crippen LogP contribution >= 0.6 is 0 Å². The molecule has 170 valence electrons. The number of hydrogen-bond acceptors (Lipinski definition) is 5. The summed E-state index contributed by atoms with van der Waals surface area (Å²) in [6, 6.07) is 10.7. The number of hydrogen-bond donors (Lipinski definition) is 3. The fraction of sp³-hybridized carbons (Fsp3) is 0.269. The molecule has 0 radical (unpaired) electrons. The Morgan fingerprint density at radius 3 is 2.76 bits per heavy atom. The highest BCUT2D eigenvalue weighted by molar-refractivity contribution is 5.94. The van der Waals surface area contributed by atoms with Crippen LogP contribution in [-0.4, -0.2) is 37.7 Å². The number of aryl methyl sites for hydroxylation is 1. The molecule has 0 spiro atoms. The van der Waals surface area contributed by atoms with Gasteiger partial charge < -0.3 is 20.3 Å². The van der Waals surface area contributed by atoms with E-state index in [9.17, 15) is 9.90 Å². The van der Waals surface area contributed by atoms with E-state index >= 15 is 0 Å². The quantitative estimate of drug-likeness (QED) is 0.487. The van der Waals surface area contributed by atoms with E-state index in [-0.39, 0.29) is 18.1 Å². The fourth-order valence-corrected chi connectivity index (χ4v) is 3.91. The number of amides is 1. The Hall–Kier alpha value is -3.71. The predicted molar refractivity (Wildman–Crippen MR) is 129 cm³/mol. The smallest absolute Gasteiger partial charge is 0.253 e. The lowest BCUT2D eigenvalue weighted by Gasteiger charge is -2.31. The van der Waals surface area contributed by atoms with Crippen molar-refractivity contribution < 1.29 is 9.90 Å². The summed E-state index contributed by atoms with van der Waals surface area (Å²) in [7, 11) is 0. The SMILES string of the molecule is CCC1(Nc2ncc(C)c(-n3ccc(C(=O)NC(CO)c4ccccc4)c3)n2)C=CC=CC1. The zero-order valence-electron chi connectivity index (χ0n) is 18.9. The number of allylic oxidation sites excluding steroid dienone is 2. The fourth-order valence-electron chi connectivity index (χ4n) is 3.91. The van der Waals surface area contributed by atoms with Gasteiger partial charge in [-0.15, -0.1) is 0 Å². The van der Waals surface area contributed by atoms with E-state index in [1.165, 1.54) is 0 Å². The average Bonchev–Trinajstić information content (AvgIpc) is 3.35. The van der Waals surface area contributed by atoms with Crippen molar-refractivity contribution in [3.63, 3.8) is 0 Å². The van der Waals surface area contributed by atoms with Crippen LogP contribution in [0.1, 0.15) is 47.3 Å². The van der Waals surface area contributed by atoms with Crippen molar-refractivity contribution >= 4 is 11.9 Å². The summed E-state index contributed by atoms with van der Waals surface area (Å²) < 4.78 is 1.82. The number of aliphatic hydroxyl groups is 1. The van der Waals surface area contributed by atoms with Crippen LogP contribution in [0.4, 0.5) is 5.95 Å². The van der Waals surface area contributed by atoms with Crippen molar-refractivity contribution in [1.82, 2.24) is 19.9 Å². The summed E-state index contributed by atoms with van der Waals surface area (Å²) in [6.07, 6.45) is 15.5. The Morgan fingerprint density at radius 1 is 1.24 bits per heavy atom. The van der Waals surface area contributed by atoms with Gasteiger partial charge in [-0.3, -0.25) is 4.79 Å². The third kappa shape index (κ3) is 5.04. The summed E-state index contributed by atoms with van der Waals surface area (Å²) in [6.45, 7) is 3.89. The van der Waals surface area contributed by atoms with Gasteiger partial charge in [0.1, 0.15) is 5.82 Å². The molecule has 0 saturated carbocycles. The largest absolute Gasteiger partial charge is 0.394 e. The second kappa shape index (κ2) is 9.83. The number of anilines is 1. The lowest BCUT2D eigenvalue weighted by atomic mass is 9.89. The maximum absolute atomic E-state index is 12.8. The molecular formula is C26H29N5O2.